The van der Waals surface area contributed by atoms with Gasteiger partial charge in [-0.2, -0.15) is 0 Å². The van der Waals surface area contributed by atoms with Gasteiger partial charge in [-0.05, 0) is 86.6 Å². The maximum absolute atomic E-state index is 13.6. The molecule has 3 aromatic rings. The van der Waals surface area contributed by atoms with Crippen LogP contribution >= 0.6 is 12.2 Å². The summed E-state index contributed by atoms with van der Waals surface area (Å²) in [7, 11) is 1.84. The molecule has 5 rings (SSSR count). The number of anilines is 1. The van der Waals surface area contributed by atoms with Crippen molar-refractivity contribution in [2.24, 2.45) is 0 Å². The van der Waals surface area contributed by atoms with E-state index in [-0.39, 0.29) is 11.8 Å². The van der Waals surface area contributed by atoms with Crippen LogP contribution in [0.3, 0.4) is 0 Å². The predicted molar refractivity (Wildman–Crippen MR) is 153 cm³/mol. The van der Waals surface area contributed by atoms with Crippen LogP contribution in [0.4, 0.5) is 5.69 Å². The minimum absolute atomic E-state index is 0.146. The Morgan fingerprint density at radius 1 is 1.05 bits per heavy atom. The number of carbonyl (C=O) groups is 2. The maximum Gasteiger partial charge on any atom is 0.281 e. The lowest BCUT2D eigenvalue weighted by molar-refractivity contribution is -0.132. The summed E-state index contributed by atoms with van der Waals surface area (Å²) in [6.45, 7) is 8.19. The third-order valence-electron chi connectivity index (χ3n) is 7.71. The van der Waals surface area contributed by atoms with Gasteiger partial charge >= 0.3 is 0 Å². The second-order valence-corrected chi connectivity index (χ2v) is 10.5. The number of thiocarbonyl (C=S) groups is 1. The number of fused-ring (bicyclic) bond motifs is 1. The van der Waals surface area contributed by atoms with E-state index in [1.807, 2.05) is 55.4 Å². The van der Waals surface area contributed by atoms with Gasteiger partial charge in [0.05, 0.1) is 11.2 Å². The van der Waals surface area contributed by atoms with Crippen molar-refractivity contribution in [1.29, 1.82) is 0 Å². The molecule has 2 aliphatic heterocycles. The molecule has 0 N–H and O–H groups in total. The molecule has 7 heteroatoms. The summed E-state index contributed by atoms with van der Waals surface area (Å²) >= 11 is 5.70. The largest absolute Gasteiger partial charge is 0.341 e. The summed E-state index contributed by atoms with van der Waals surface area (Å²) in [5.41, 5.74) is 6.74. The van der Waals surface area contributed by atoms with Gasteiger partial charge in [-0.1, -0.05) is 31.2 Å². The zero-order valence-corrected chi connectivity index (χ0v) is 22.9. The first-order valence-electron chi connectivity index (χ1n) is 13.1. The Morgan fingerprint density at radius 2 is 1.81 bits per heavy atom. The van der Waals surface area contributed by atoms with Gasteiger partial charge in [-0.3, -0.25) is 14.5 Å². The number of nitrogens with zero attached hydrogens (tertiary/aromatic N) is 4. The lowest BCUT2D eigenvalue weighted by Crippen LogP contribution is -2.37. The molecule has 0 aliphatic carbocycles. The van der Waals surface area contributed by atoms with E-state index < -0.39 is 0 Å². The van der Waals surface area contributed by atoms with Crippen LogP contribution in [0.2, 0.25) is 0 Å². The molecule has 2 aromatic carbocycles. The average molecular weight is 515 g/mol. The van der Waals surface area contributed by atoms with Crippen LogP contribution in [-0.2, 0) is 22.6 Å². The minimum atomic E-state index is -0.146. The summed E-state index contributed by atoms with van der Waals surface area (Å²) in [4.78, 5) is 32.2. The summed E-state index contributed by atoms with van der Waals surface area (Å²) in [6, 6.07) is 12.2. The van der Waals surface area contributed by atoms with Crippen molar-refractivity contribution in [2.45, 2.75) is 53.0 Å². The van der Waals surface area contributed by atoms with Gasteiger partial charge in [0, 0.05) is 37.3 Å². The molecule has 1 aromatic heterocycles. The third-order valence-corrected chi connectivity index (χ3v) is 8.17. The summed E-state index contributed by atoms with van der Waals surface area (Å²) in [5.74, 6) is 0.00514. The Hall–Kier alpha value is -3.45. The normalized spacial score (nSPS) is 17.5. The van der Waals surface area contributed by atoms with Crippen LogP contribution < -0.4 is 4.90 Å². The summed E-state index contributed by atoms with van der Waals surface area (Å²) in [5, 5.41) is 1.49. The van der Waals surface area contributed by atoms with Gasteiger partial charge in [0.25, 0.3) is 5.91 Å². The van der Waals surface area contributed by atoms with E-state index in [1.165, 1.54) is 17.5 Å². The second kappa shape index (κ2) is 10.1. The van der Waals surface area contributed by atoms with E-state index in [0.717, 1.165) is 60.1 Å². The van der Waals surface area contributed by atoms with Crippen LogP contribution in [0, 0.1) is 13.8 Å². The third kappa shape index (κ3) is 4.57. The molecular weight excluding hydrogens is 480 g/mol. The fourth-order valence-corrected chi connectivity index (χ4v) is 5.66. The zero-order chi connectivity index (χ0) is 26.3. The smallest absolute Gasteiger partial charge is 0.281 e. The highest BCUT2D eigenvalue weighted by Gasteiger charge is 2.37. The number of hydrogen-bond acceptors (Lipinski definition) is 3. The standard InChI is InChI=1S/C30H34N4O2S/c1-5-22-10-9-11-25-23(18-33(28(22)25)19-27(35)32-14-7-6-8-15-32)17-26-29(36)34(30(37)31(26)4)24-13-12-20(2)21(3)16-24/h9-13,16-18H,5-8,14-15,19H2,1-4H3/b26-17-. The van der Waals surface area contributed by atoms with Crippen LogP contribution in [-0.4, -0.2) is 51.4 Å². The van der Waals surface area contributed by atoms with Crippen molar-refractivity contribution in [3.8, 4) is 0 Å². The van der Waals surface area contributed by atoms with Gasteiger partial charge in [0.15, 0.2) is 5.11 Å². The quantitative estimate of drug-likeness (QED) is 0.336. The highest BCUT2D eigenvalue weighted by atomic mass is 32.1. The SMILES string of the molecule is CCc1cccc2c(/C=C3/C(=O)N(c4ccc(C)c(C)c4)C(=S)N3C)cn(CC(=O)N3CCCCC3)c12. The van der Waals surface area contributed by atoms with E-state index in [1.54, 1.807) is 9.80 Å². The number of para-hydroxylation sites is 1. The summed E-state index contributed by atoms with van der Waals surface area (Å²) in [6.07, 6.45) is 8.12. The van der Waals surface area contributed by atoms with E-state index in [9.17, 15) is 9.59 Å². The Labute approximate surface area is 224 Å². The number of piperidine rings is 1. The van der Waals surface area contributed by atoms with Crippen LogP contribution in [0.25, 0.3) is 17.0 Å². The summed E-state index contributed by atoms with van der Waals surface area (Å²) < 4.78 is 2.07. The molecule has 0 saturated carbocycles. The van der Waals surface area contributed by atoms with Crippen molar-refractivity contribution < 1.29 is 9.59 Å². The highest BCUT2D eigenvalue weighted by molar-refractivity contribution is 7.80. The highest BCUT2D eigenvalue weighted by Crippen LogP contribution is 2.32. The molecular formula is C30H34N4O2S. The van der Waals surface area contributed by atoms with Gasteiger partial charge in [-0.25, -0.2) is 0 Å². The molecule has 0 bridgehead atoms. The molecule has 37 heavy (non-hydrogen) atoms. The molecule has 2 aliphatic rings. The number of aryl methyl sites for hydroxylation is 3. The number of carbonyl (C=O) groups excluding carboxylic acids is 2. The number of rotatable bonds is 5. The Morgan fingerprint density at radius 3 is 2.51 bits per heavy atom. The molecule has 2 amide bonds. The van der Waals surface area contributed by atoms with E-state index in [4.69, 9.17) is 12.2 Å². The molecule has 2 saturated heterocycles. The fourth-order valence-electron chi connectivity index (χ4n) is 5.38. The fraction of sp³-hybridized carbons (Fsp3) is 0.367. The van der Waals surface area contributed by atoms with Crippen molar-refractivity contribution >= 4 is 51.8 Å². The van der Waals surface area contributed by atoms with Gasteiger partial charge in [0.2, 0.25) is 5.91 Å². The number of hydrogen-bond donors (Lipinski definition) is 0. The molecule has 2 fully saturated rings. The van der Waals surface area contributed by atoms with Crippen LogP contribution in [0.15, 0.2) is 48.3 Å². The Balaban J connectivity index is 1.54. The zero-order valence-electron chi connectivity index (χ0n) is 22.1. The number of amides is 2. The maximum atomic E-state index is 13.6. The first kappa shape index (κ1) is 25.2. The molecule has 3 heterocycles. The van der Waals surface area contributed by atoms with Gasteiger partial charge in [-0.15, -0.1) is 0 Å². The first-order valence-corrected chi connectivity index (χ1v) is 13.5. The molecule has 6 nitrogen and oxygen atoms in total. The number of aromatic nitrogens is 1. The Bertz CT molecular complexity index is 1430. The van der Waals surface area contributed by atoms with Gasteiger partial charge < -0.3 is 14.4 Å². The van der Waals surface area contributed by atoms with Crippen LogP contribution in [0.5, 0.6) is 0 Å². The topological polar surface area (TPSA) is 48.8 Å². The number of likely N-dealkylation sites (N-methyl/N-ethyl adjacent to an activating group) is 1. The lowest BCUT2D eigenvalue weighted by Gasteiger charge is -2.27. The van der Waals surface area contributed by atoms with E-state index in [2.05, 4.69) is 30.5 Å². The monoisotopic (exact) mass is 514 g/mol. The van der Waals surface area contributed by atoms with Crippen LogP contribution in [0.1, 0.15) is 48.4 Å². The van der Waals surface area contributed by atoms with Crippen molar-refractivity contribution in [1.82, 2.24) is 14.4 Å². The van der Waals surface area contributed by atoms with Crippen molar-refractivity contribution in [3.05, 3.63) is 70.5 Å². The number of likely N-dealkylation sites (tertiary alicyclic amines) is 1. The predicted octanol–water partition coefficient (Wildman–Crippen LogP) is 5.44. The van der Waals surface area contributed by atoms with Gasteiger partial charge in [0.1, 0.15) is 12.2 Å². The Kier molecular flexibility index (Phi) is 6.90. The number of benzene rings is 2. The molecule has 192 valence electrons. The minimum Gasteiger partial charge on any atom is -0.341 e. The molecule has 0 radical (unpaired) electrons. The molecule has 0 unspecified atom stereocenters. The van der Waals surface area contributed by atoms with E-state index in [0.29, 0.717) is 17.4 Å². The molecule has 0 atom stereocenters. The van der Waals surface area contributed by atoms with E-state index >= 15 is 0 Å². The second-order valence-electron chi connectivity index (χ2n) is 10.1. The van der Waals surface area contributed by atoms with Crippen molar-refractivity contribution in [3.63, 3.8) is 0 Å². The van der Waals surface area contributed by atoms with Crippen molar-refractivity contribution in [2.75, 3.05) is 25.0 Å². The average Bonchev–Trinajstić information content (AvgIpc) is 3.35. The molecule has 0 spiro atoms. The first-order chi connectivity index (χ1) is 17.8. The lowest BCUT2D eigenvalue weighted by atomic mass is 10.1.